The lowest BCUT2D eigenvalue weighted by atomic mass is 10.4. The number of rotatable bonds is 4. The van der Waals surface area contributed by atoms with Crippen LogP contribution in [0.2, 0.25) is 13.1 Å². The van der Waals surface area contributed by atoms with Crippen molar-refractivity contribution < 1.29 is 8.91 Å². The Morgan fingerprint density at radius 1 is 0.833 bits per heavy atom. The summed E-state index contributed by atoms with van der Waals surface area (Å²) >= 11 is 0. The standard InChI is InChI=1S/C14H18O2Si2/c1-18(2,15)16-17(13-9-5-3-6-10-13)14-11-7-4-8-12-14/h3-12,15,17H,1-2H3. The molecule has 0 saturated carbocycles. The van der Waals surface area contributed by atoms with Crippen LogP contribution in [0.5, 0.6) is 0 Å². The van der Waals surface area contributed by atoms with Crippen LogP contribution < -0.4 is 10.4 Å². The fourth-order valence-electron chi connectivity index (χ4n) is 1.87. The first-order valence-electron chi connectivity index (χ1n) is 6.06. The Hall–Kier alpha value is -1.21. The molecule has 0 aliphatic carbocycles. The van der Waals surface area contributed by atoms with Gasteiger partial charge in [0.1, 0.15) is 0 Å². The Morgan fingerprint density at radius 2 is 1.22 bits per heavy atom. The molecule has 2 aromatic rings. The van der Waals surface area contributed by atoms with Crippen LogP contribution in [0.4, 0.5) is 0 Å². The maximum Gasteiger partial charge on any atom is 0.319 e. The molecule has 94 valence electrons. The molecule has 0 aliphatic heterocycles. The second kappa shape index (κ2) is 5.62. The first-order chi connectivity index (χ1) is 8.56. The van der Waals surface area contributed by atoms with Crippen molar-refractivity contribution in [3.05, 3.63) is 60.7 Å². The Labute approximate surface area is 111 Å². The minimum Gasteiger partial charge on any atom is -0.431 e. The van der Waals surface area contributed by atoms with Crippen LogP contribution in [0.3, 0.4) is 0 Å². The van der Waals surface area contributed by atoms with Crippen molar-refractivity contribution in [2.75, 3.05) is 0 Å². The lowest BCUT2D eigenvalue weighted by Crippen LogP contribution is -2.51. The molecule has 1 N–H and O–H groups in total. The molecule has 0 unspecified atom stereocenters. The third kappa shape index (κ3) is 3.64. The first kappa shape index (κ1) is 13.2. The first-order valence-corrected chi connectivity index (χ1v) is 10.5. The van der Waals surface area contributed by atoms with Gasteiger partial charge in [0.05, 0.1) is 0 Å². The van der Waals surface area contributed by atoms with Crippen molar-refractivity contribution in [2.24, 2.45) is 0 Å². The van der Waals surface area contributed by atoms with Crippen molar-refractivity contribution in [1.82, 2.24) is 0 Å². The van der Waals surface area contributed by atoms with Crippen molar-refractivity contribution in [3.63, 3.8) is 0 Å². The Morgan fingerprint density at radius 3 is 1.56 bits per heavy atom. The molecule has 2 aromatic carbocycles. The Bertz CT molecular complexity index is 441. The molecule has 0 bridgehead atoms. The fourth-order valence-corrected chi connectivity index (χ4v) is 6.80. The molecule has 2 rings (SSSR count). The predicted octanol–water partition coefficient (Wildman–Crippen LogP) is 1.24. The SMILES string of the molecule is C[Si](C)(O)O[SiH](c1ccccc1)c1ccccc1. The summed E-state index contributed by atoms with van der Waals surface area (Å²) < 4.78 is 6.04. The second-order valence-electron chi connectivity index (χ2n) is 4.77. The summed E-state index contributed by atoms with van der Waals surface area (Å²) in [6, 6.07) is 20.4. The molecule has 18 heavy (non-hydrogen) atoms. The minimum atomic E-state index is -2.52. The molecule has 4 heteroatoms. The average molecular weight is 274 g/mol. The summed E-state index contributed by atoms with van der Waals surface area (Å²) in [6.07, 6.45) is 0. The van der Waals surface area contributed by atoms with Gasteiger partial charge in [0, 0.05) is 0 Å². The highest BCUT2D eigenvalue weighted by molar-refractivity contribution is 6.86. The van der Waals surface area contributed by atoms with Gasteiger partial charge in [-0.25, -0.2) is 0 Å². The highest BCUT2D eigenvalue weighted by atomic mass is 28.4. The van der Waals surface area contributed by atoms with E-state index in [1.807, 2.05) is 49.5 Å². The lowest BCUT2D eigenvalue weighted by Gasteiger charge is -2.24. The maximum atomic E-state index is 10.1. The summed E-state index contributed by atoms with van der Waals surface area (Å²) in [6.45, 7) is 3.64. The maximum absolute atomic E-state index is 10.1. The van der Waals surface area contributed by atoms with Gasteiger partial charge in [-0.1, -0.05) is 60.7 Å². The van der Waals surface area contributed by atoms with Crippen molar-refractivity contribution in [2.45, 2.75) is 13.1 Å². The van der Waals surface area contributed by atoms with E-state index in [-0.39, 0.29) is 0 Å². The van der Waals surface area contributed by atoms with E-state index in [1.165, 1.54) is 10.4 Å². The highest BCUT2D eigenvalue weighted by Crippen LogP contribution is 2.03. The van der Waals surface area contributed by atoms with E-state index >= 15 is 0 Å². The normalized spacial score (nSPS) is 11.8. The van der Waals surface area contributed by atoms with Crippen LogP contribution in [-0.4, -0.2) is 22.4 Å². The van der Waals surface area contributed by atoms with Gasteiger partial charge in [0.25, 0.3) is 0 Å². The minimum absolute atomic E-state index is 1.21. The molecule has 0 amide bonds. The molecule has 0 atom stereocenters. The van der Waals surface area contributed by atoms with Gasteiger partial charge < -0.3 is 8.91 Å². The lowest BCUT2D eigenvalue weighted by molar-refractivity contribution is 0.402. The van der Waals surface area contributed by atoms with Crippen LogP contribution >= 0.6 is 0 Å². The molecule has 0 saturated heterocycles. The summed E-state index contributed by atoms with van der Waals surface area (Å²) in [7, 11) is -4.29. The fraction of sp³-hybridized carbons (Fsp3) is 0.143. The topological polar surface area (TPSA) is 29.5 Å². The van der Waals surface area contributed by atoms with Gasteiger partial charge in [-0.3, -0.25) is 0 Å². The third-order valence-electron chi connectivity index (χ3n) is 2.61. The number of hydrogen-bond donors (Lipinski definition) is 1. The zero-order valence-electron chi connectivity index (χ0n) is 10.7. The molecular formula is C14H18O2Si2. The highest BCUT2D eigenvalue weighted by Gasteiger charge is 2.27. The van der Waals surface area contributed by atoms with Gasteiger partial charge in [0.2, 0.25) is 9.04 Å². The van der Waals surface area contributed by atoms with Crippen LogP contribution in [0.15, 0.2) is 60.7 Å². The van der Waals surface area contributed by atoms with E-state index in [9.17, 15) is 4.80 Å². The van der Waals surface area contributed by atoms with Crippen LogP contribution in [0.25, 0.3) is 0 Å². The molecular weight excluding hydrogens is 256 g/mol. The zero-order valence-corrected chi connectivity index (χ0v) is 12.9. The summed E-state index contributed by atoms with van der Waals surface area (Å²) in [5, 5.41) is 2.41. The molecule has 0 fully saturated rings. The van der Waals surface area contributed by atoms with Crippen molar-refractivity contribution in [1.29, 1.82) is 0 Å². The smallest absolute Gasteiger partial charge is 0.319 e. The quantitative estimate of drug-likeness (QED) is 0.850. The van der Waals surface area contributed by atoms with Gasteiger partial charge in [-0.05, 0) is 23.5 Å². The second-order valence-corrected chi connectivity index (χ2v) is 10.7. The largest absolute Gasteiger partial charge is 0.431 e. The molecule has 0 heterocycles. The summed E-state index contributed by atoms with van der Waals surface area (Å²) in [5.74, 6) is 0. The Kier molecular flexibility index (Phi) is 4.13. The van der Waals surface area contributed by atoms with E-state index in [0.29, 0.717) is 0 Å². The van der Waals surface area contributed by atoms with E-state index in [2.05, 4.69) is 24.3 Å². The summed E-state index contributed by atoms with van der Waals surface area (Å²) in [5.41, 5.74) is 0. The molecule has 0 aromatic heterocycles. The number of benzene rings is 2. The molecule has 0 spiro atoms. The van der Waals surface area contributed by atoms with Gasteiger partial charge in [-0.2, -0.15) is 0 Å². The number of hydrogen-bond acceptors (Lipinski definition) is 2. The molecule has 0 radical (unpaired) electrons. The zero-order chi connectivity index (χ0) is 13.0. The van der Waals surface area contributed by atoms with Crippen molar-refractivity contribution in [3.8, 4) is 0 Å². The monoisotopic (exact) mass is 274 g/mol. The van der Waals surface area contributed by atoms with E-state index in [0.717, 1.165) is 0 Å². The predicted molar refractivity (Wildman–Crippen MR) is 80.1 cm³/mol. The van der Waals surface area contributed by atoms with Crippen molar-refractivity contribution >= 4 is 28.0 Å². The van der Waals surface area contributed by atoms with Crippen LogP contribution in [0, 0.1) is 0 Å². The summed E-state index contributed by atoms with van der Waals surface area (Å²) in [4.78, 5) is 10.1. The van der Waals surface area contributed by atoms with E-state index in [1.54, 1.807) is 0 Å². The average Bonchev–Trinajstić information content (AvgIpc) is 2.37. The third-order valence-corrected chi connectivity index (χ3v) is 7.84. The Balaban J connectivity index is 2.36. The van der Waals surface area contributed by atoms with Gasteiger partial charge >= 0.3 is 8.56 Å². The van der Waals surface area contributed by atoms with E-state index in [4.69, 9.17) is 4.12 Å². The van der Waals surface area contributed by atoms with Crippen LogP contribution in [0.1, 0.15) is 0 Å². The van der Waals surface area contributed by atoms with Crippen LogP contribution in [-0.2, 0) is 4.12 Å². The van der Waals surface area contributed by atoms with Gasteiger partial charge in [-0.15, -0.1) is 0 Å². The van der Waals surface area contributed by atoms with E-state index < -0.39 is 17.6 Å². The molecule has 2 nitrogen and oxygen atoms in total. The van der Waals surface area contributed by atoms with Gasteiger partial charge in [0.15, 0.2) is 0 Å². The molecule has 0 aliphatic rings.